The molecule has 0 radical (unpaired) electrons. The predicted octanol–water partition coefficient (Wildman–Crippen LogP) is 3.53. The van der Waals surface area contributed by atoms with Crippen LogP contribution in [0.4, 0.5) is 0 Å². The average Bonchev–Trinajstić information content (AvgIpc) is 2.48. The summed E-state index contributed by atoms with van der Waals surface area (Å²) >= 11 is 0. The molecule has 2 aromatic heterocycles. The monoisotopic (exact) mass is 263 g/mol. The van der Waals surface area contributed by atoms with Gasteiger partial charge in [-0.15, -0.1) is 0 Å². The van der Waals surface area contributed by atoms with Gasteiger partial charge in [0.25, 0.3) is 0 Å². The summed E-state index contributed by atoms with van der Waals surface area (Å²) in [4.78, 5) is 13.8. The van der Waals surface area contributed by atoms with E-state index < -0.39 is 0 Å². The second-order valence-electron chi connectivity index (χ2n) is 5.37. The lowest BCUT2D eigenvalue weighted by Crippen LogP contribution is -2.26. The molecule has 0 N–H and O–H groups in total. The number of dihydropyridines is 1. The van der Waals surface area contributed by atoms with Gasteiger partial charge in [0, 0.05) is 12.4 Å². The number of nitrogens with zero attached hydrogens (tertiary/aromatic N) is 3. The maximum absolute atomic E-state index is 4.92. The van der Waals surface area contributed by atoms with Crippen LogP contribution in [-0.2, 0) is 5.54 Å². The van der Waals surface area contributed by atoms with E-state index in [1.807, 2.05) is 42.6 Å². The van der Waals surface area contributed by atoms with Crippen molar-refractivity contribution in [3.05, 3.63) is 71.8 Å². The number of pyridine rings is 2. The molecule has 3 nitrogen and oxygen atoms in total. The van der Waals surface area contributed by atoms with Crippen LogP contribution in [0.2, 0.25) is 0 Å². The molecule has 1 unspecified atom stereocenters. The van der Waals surface area contributed by atoms with Crippen molar-refractivity contribution < 1.29 is 0 Å². The second kappa shape index (κ2) is 5.00. The van der Waals surface area contributed by atoms with E-state index in [0.717, 1.165) is 23.5 Å². The number of aromatic nitrogens is 2. The first-order valence-electron chi connectivity index (χ1n) is 6.77. The van der Waals surface area contributed by atoms with Crippen LogP contribution in [0.1, 0.15) is 31.7 Å². The van der Waals surface area contributed by atoms with Crippen molar-refractivity contribution in [3.63, 3.8) is 0 Å². The zero-order valence-electron chi connectivity index (χ0n) is 11.7. The molecule has 0 amide bonds. The smallest absolute Gasteiger partial charge is 0.104 e. The average molecular weight is 263 g/mol. The van der Waals surface area contributed by atoms with Crippen LogP contribution >= 0.6 is 0 Å². The van der Waals surface area contributed by atoms with E-state index >= 15 is 0 Å². The molecular formula is C17H17N3. The lowest BCUT2D eigenvalue weighted by Gasteiger charge is -2.29. The first kappa shape index (κ1) is 12.7. The molecule has 0 saturated carbocycles. The van der Waals surface area contributed by atoms with Crippen LogP contribution < -0.4 is 0 Å². The number of aliphatic imine (C=N–C) groups is 1. The van der Waals surface area contributed by atoms with Crippen molar-refractivity contribution >= 4 is 5.71 Å². The highest BCUT2D eigenvalue weighted by Crippen LogP contribution is 2.34. The summed E-state index contributed by atoms with van der Waals surface area (Å²) in [6.45, 7) is 4.27. The number of allylic oxidation sites excluding steroid dienone is 1. The molecule has 100 valence electrons. The van der Waals surface area contributed by atoms with Gasteiger partial charge in [-0.05, 0) is 50.6 Å². The molecule has 0 spiro atoms. The van der Waals surface area contributed by atoms with Gasteiger partial charge in [0.1, 0.15) is 5.54 Å². The molecule has 0 aliphatic carbocycles. The van der Waals surface area contributed by atoms with Crippen molar-refractivity contribution in [3.8, 4) is 0 Å². The van der Waals surface area contributed by atoms with E-state index in [9.17, 15) is 0 Å². The zero-order chi connectivity index (χ0) is 14.0. The summed E-state index contributed by atoms with van der Waals surface area (Å²) in [7, 11) is 0. The van der Waals surface area contributed by atoms with Gasteiger partial charge in [-0.1, -0.05) is 17.7 Å². The zero-order valence-corrected chi connectivity index (χ0v) is 11.7. The van der Waals surface area contributed by atoms with Gasteiger partial charge < -0.3 is 0 Å². The fourth-order valence-corrected chi connectivity index (χ4v) is 2.64. The highest BCUT2D eigenvalue weighted by Gasteiger charge is 2.31. The van der Waals surface area contributed by atoms with E-state index in [0.29, 0.717) is 0 Å². The third kappa shape index (κ3) is 2.39. The van der Waals surface area contributed by atoms with Crippen LogP contribution in [0.25, 0.3) is 0 Å². The minimum atomic E-state index is -0.313. The number of rotatable bonds is 2. The third-order valence-corrected chi connectivity index (χ3v) is 3.52. The minimum Gasteiger partial charge on any atom is -0.270 e. The molecule has 3 heteroatoms. The Kier molecular flexibility index (Phi) is 3.18. The van der Waals surface area contributed by atoms with Crippen LogP contribution in [0.5, 0.6) is 0 Å². The Morgan fingerprint density at radius 3 is 2.40 bits per heavy atom. The molecule has 0 fully saturated rings. The number of hydrogen-bond acceptors (Lipinski definition) is 3. The molecular weight excluding hydrogens is 246 g/mol. The summed E-state index contributed by atoms with van der Waals surface area (Å²) in [5.41, 5.74) is 3.83. The lowest BCUT2D eigenvalue weighted by atomic mass is 9.86. The molecule has 2 aromatic rings. The van der Waals surface area contributed by atoms with Crippen molar-refractivity contribution in [2.75, 3.05) is 0 Å². The van der Waals surface area contributed by atoms with Crippen molar-refractivity contribution in [1.29, 1.82) is 0 Å². The van der Waals surface area contributed by atoms with E-state index in [2.05, 4.69) is 29.9 Å². The van der Waals surface area contributed by atoms with Crippen LogP contribution in [0.3, 0.4) is 0 Å². The van der Waals surface area contributed by atoms with Gasteiger partial charge in [0.2, 0.25) is 0 Å². The molecule has 0 aromatic carbocycles. The lowest BCUT2D eigenvalue weighted by molar-refractivity contribution is 0.473. The van der Waals surface area contributed by atoms with E-state index in [-0.39, 0.29) is 5.54 Å². The van der Waals surface area contributed by atoms with E-state index in [1.54, 1.807) is 6.20 Å². The maximum atomic E-state index is 4.92. The van der Waals surface area contributed by atoms with Gasteiger partial charge in [0.05, 0.1) is 17.1 Å². The van der Waals surface area contributed by atoms with Crippen molar-refractivity contribution in [2.45, 2.75) is 25.8 Å². The first-order valence-corrected chi connectivity index (χ1v) is 6.77. The standard InChI is InChI=1S/C17H17N3/c1-13-11-15(14-7-3-5-9-18-14)20-17(2,12-13)16-8-4-6-10-19-16/h3-11H,12H2,1-2H3. The Balaban J connectivity index is 2.07. The Hall–Kier alpha value is -2.29. The molecule has 3 heterocycles. The molecule has 1 aliphatic rings. The fourth-order valence-electron chi connectivity index (χ4n) is 2.64. The maximum Gasteiger partial charge on any atom is 0.104 e. The third-order valence-electron chi connectivity index (χ3n) is 3.52. The Bertz CT molecular complexity index is 659. The predicted molar refractivity (Wildman–Crippen MR) is 80.7 cm³/mol. The summed E-state index contributed by atoms with van der Waals surface area (Å²) in [5, 5.41) is 0. The molecule has 1 aliphatic heterocycles. The number of hydrogen-bond donors (Lipinski definition) is 0. The van der Waals surface area contributed by atoms with Crippen LogP contribution in [-0.4, -0.2) is 15.7 Å². The SMILES string of the molecule is CC1=CC(c2ccccn2)=NC(C)(c2ccccn2)C1. The van der Waals surface area contributed by atoms with E-state index in [1.165, 1.54) is 5.57 Å². The Morgan fingerprint density at radius 2 is 1.75 bits per heavy atom. The van der Waals surface area contributed by atoms with Gasteiger partial charge in [-0.3, -0.25) is 15.0 Å². The normalized spacial score (nSPS) is 22.1. The highest BCUT2D eigenvalue weighted by atomic mass is 14.9. The largest absolute Gasteiger partial charge is 0.270 e. The van der Waals surface area contributed by atoms with E-state index in [4.69, 9.17) is 4.99 Å². The fraction of sp³-hybridized carbons (Fsp3) is 0.235. The van der Waals surface area contributed by atoms with Gasteiger partial charge in [0.15, 0.2) is 0 Å². The van der Waals surface area contributed by atoms with Gasteiger partial charge in [-0.25, -0.2) is 0 Å². The molecule has 3 rings (SSSR count). The van der Waals surface area contributed by atoms with Crippen molar-refractivity contribution in [2.24, 2.45) is 4.99 Å². The summed E-state index contributed by atoms with van der Waals surface area (Å²) in [5.74, 6) is 0. The summed E-state index contributed by atoms with van der Waals surface area (Å²) in [6.07, 6.45) is 6.63. The highest BCUT2D eigenvalue weighted by molar-refractivity contribution is 6.08. The quantitative estimate of drug-likeness (QED) is 0.831. The van der Waals surface area contributed by atoms with Crippen molar-refractivity contribution in [1.82, 2.24) is 9.97 Å². The molecule has 20 heavy (non-hydrogen) atoms. The van der Waals surface area contributed by atoms with Gasteiger partial charge in [-0.2, -0.15) is 0 Å². The summed E-state index contributed by atoms with van der Waals surface area (Å²) in [6, 6.07) is 11.9. The Labute approximate surface area is 119 Å². The molecule has 1 atom stereocenters. The Morgan fingerprint density at radius 1 is 1.00 bits per heavy atom. The topological polar surface area (TPSA) is 38.1 Å². The summed E-state index contributed by atoms with van der Waals surface area (Å²) < 4.78 is 0. The van der Waals surface area contributed by atoms with Gasteiger partial charge >= 0.3 is 0 Å². The van der Waals surface area contributed by atoms with Crippen LogP contribution in [0.15, 0.2) is 65.4 Å². The molecule has 0 bridgehead atoms. The first-order chi connectivity index (χ1) is 9.67. The second-order valence-corrected chi connectivity index (χ2v) is 5.37. The molecule has 0 saturated heterocycles. The van der Waals surface area contributed by atoms with Crippen LogP contribution in [0, 0.1) is 0 Å². The minimum absolute atomic E-state index is 0.313.